The number of hydrogen-bond acceptors (Lipinski definition) is 5. The minimum absolute atomic E-state index is 0.00584. The molecule has 0 fully saturated rings. The van der Waals surface area contributed by atoms with E-state index in [1.807, 2.05) is 60.0 Å². The molecule has 4 aromatic rings. The highest BCUT2D eigenvalue weighted by Gasteiger charge is 2.16. The van der Waals surface area contributed by atoms with Crippen molar-refractivity contribution in [3.05, 3.63) is 86.8 Å². The van der Waals surface area contributed by atoms with Gasteiger partial charge in [-0.3, -0.25) is 14.2 Å². The highest BCUT2D eigenvalue weighted by molar-refractivity contribution is 7.99. The van der Waals surface area contributed by atoms with Crippen molar-refractivity contribution < 1.29 is 4.79 Å². The number of fused-ring (bicyclic) bond motifs is 1. The number of aryl methyl sites for hydroxylation is 1. The molecule has 0 bridgehead atoms. The average Bonchev–Trinajstić information content (AvgIpc) is 3.31. The normalized spacial score (nSPS) is 11.0. The number of benzene rings is 2. The standard InChI is InChI=1S/C24H23N3O2S2/c1-3-17-10-12-18(13-11-17)27-23(29)20-8-4-5-9-21(20)25-24(27)31-16-22(28)26(2)15-19-7-6-14-30-19/h4-14H,3,15-16H2,1-2H3. The molecule has 0 aliphatic rings. The van der Waals surface area contributed by atoms with Crippen molar-refractivity contribution in [3.63, 3.8) is 0 Å². The Hall–Kier alpha value is -2.90. The van der Waals surface area contributed by atoms with E-state index in [1.54, 1.807) is 33.9 Å². The molecule has 0 saturated carbocycles. The summed E-state index contributed by atoms with van der Waals surface area (Å²) in [6, 6.07) is 19.2. The molecule has 0 radical (unpaired) electrons. The van der Waals surface area contributed by atoms with Crippen LogP contribution in [-0.2, 0) is 17.8 Å². The maximum Gasteiger partial charge on any atom is 0.266 e. The van der Waals surface area contributed by atoms with E-state index >= 15 is 0 Å². The molecule has 2 aromatic heterocycles. The van der Waals surface area contributed by atoms with Gasteiger partial charge in [0.15, 0.2) is 5.16 Å². The number of carbonyl (C=O) groups excluding carboxylic acids is 1. The van der Waals surface area contributed by atoms with Gasteiger partial charge in [-0.15, -0.1) is 11.3 Å². The molecule has 2 heterocycles. The maximum atomic E-state index is 13.3. The van der Waals surface area contributed by atoms with Crippen LogP contribution in [0.4, 0.5) is 0 Å². The third kappa shape index (κ3) is 4.73. The summed E-state index contributed by atoms with van der Waals surface area (Å²) in [5, 5.41) is 3.09. The predicted molar refractivity (Wildman–Crippen MR) is 128 cm³/mol. The number of rotatable bonds is 7. The number of aromatic nitrogens is 2. The summed E-state index contributed by atoms with van der Waals surface area (Å²) >= 11 is 2.92. The summed E-state index contributed by atoms with van der Waals surface area (Å²) in [7, 11) is 1.80. The fourth-order valence-corrected chi connectivity index (χ4v) is 4.99. The molecular formula is C24H23N3O2S2. The summed E-state index contributed by atoms with van der Waals surface area (Å²) < 4.78 is 1.61. The molecule has 0 N–H and O–H groups in total. The van der Waals surface area contributed by atoms with Gasteiger partial charge in [-0.25, -0.2) is 4.98 Å². The maximum absolute atomic E-state index is 13.3. The van der Waals surface area contributed by atoms with Crippen molar-refractivity contribution in [1.82, 2.24) is 14.5 Å². The van der Waals surface area contributed by atoms with Crippen LogP contribution in [0, 0.1) is 0 Å². The molecule has 0 atom stereocenters. The first-order valence-corrected chi connectivity index (χ1v) is 11.9. The Morgan fingerprint density at radius 2 is 1.87 bits per heavy atom. The Bertz CT molecular complexity index is 1250. The summed E-state index contributed by atoms with van der Waals surface area (Å²) in [5.41, 5.74) is 2.46. The summed E-state index contributed by atoms with van der Waals surface area (Å²) in [6.45, 7) is 2.67. The Morgan fingerprint density at radius 1 is 1.10 bits per heavy atom. The van der Waals surface area contributed by atoms with Crippen LogP contribution < -0.4 is 5.56 Å². The van der Waals surface area contributed by atoms with E-state index in [1.165, 1.54) is 17.3 Å². The molecule has 0 saturated heterocycles. The first-order valence-electron chi connectivity index (χ1n) is 10.1. The smallest absolute Gasteiger partial charge is 0.266 e. The lowest BCUT2D eigenvalue weighted by atomic mass is 10.1. The lowest BCUT2D eigenvalue weighted by Crippen LogP contribution is -2.28. The van der Waals surface area contributed by atoms with Crippen molar-refractivity contribution in [1.29, 1.82) is 0 Å². The van der Waals surface area contributed by atoms with Gasteiger partial charge >= 0.3 is 0 Å². The number of amides is 1. The third-order valence-electron chi connectivity index (χ3n) is 5.07. The first-order chi connectivity index (χ1) is 15.1. The highest BCUT2D eigenvalue weighted by atomic mass is 32.2. The Labute approximate surface area is 189 Å². The van der Waals surface area contributed by atoms with Gasteiger partial charge in [-0.2, -0.15) is 0 Å². The Balaban J connectivity index is 1.65. The molecule has 5 nitrogen and oxygen atoms in total. The second-order valence-corrected chi connectivity index (χ2v) is 9.16. The largest absolute Gasteiger partial charge is 0.340 e. The molecule has 0 spiro atoms. The van der Waals surface area contributed by atoms with Crippen molar-refractivity contribution in [2.75, 3.05) is 12.8 Å². The third-order valence-corrected chi connectivity index (χ3v) is 6.86. The van der Waals surface area contributed by atoms with E-state index in [0.29, 0.717) is 22.6 Å². The summed E-state index contributed by atoms with van der Waals surface area (Å²) in [4.78, 5) is 33.6. The Morgan fingerprint density at radius 3 is 2.58 bits per heavy atom. The fraction of sp³-hybridized carbons (Fsp3) is 0.208. The average molecular weight is 450 g/mol. The number of thioether (sulfide) groups is 1. The molecule has 0 aliphatic carbocycles. The van der Waals surface area contributed by atoms with Crippen LogP contribution in [0.15, 0.2) is 76.0 Å². The zero-order chi connectivity index (χ0) is 21.8. The topological polar surface area (TPSA) is 55.2 Å². The lowest BCUT2D eigenvalue weighted by molar-refractivity contribution is -0.127. The number of hydrogen-bond donors (Lipinski definition) is 0. The van der Waals surface area contributed by atoms with E-state index < -0.39 is 0 Å². The Kier molecular flexibility index (Phi) is 6.53. The lowest BCUT2D eigenvalue weighted by Gasteiger charge is -2.17. The number of carbonyl (C=O) groups is 1. The van der Waals surface area contributed by atoms with Crippen molar-refractivity contribution in [3.8, 4) is 5.69 Å². The molecule has 1 amide bonds. The zero-order valence-corrected chi connectivity index (χ0v) is 19.1. The summed E-state index contributed by atoms with van der Waals surface area (Å²) in [5.74, 6) is 0.202. The van der Waals surface area contributed by atoms with E-state index in [2.05, 4.69) is 6.92 Å². The fourth-order valence-electron chi connectivity index (χ4n) is 3.28. The van der Waals surface area contributed by atoms with Crippen LogP contribution in [0.5, 0.6) is 0 Å². The van der Waals surface area contributed by atoms with Gasteiger partial charge in [-0.1, -0.05) is 49.0 Å². The molecule has 7 heteroatoms. The van der Waals surface area contributed by atoms with Crippen LogP contribution in [-0.4, -0.2) is 33.2 Å². The quantitative estimate of drug-likeness (QED) is 0.302. The van der Waals surface area contributed by atoms with Gasteiger partial charge < -0.3 is 4.90 Å². The van der Waals surface area contributed by atoms with Crippen LogP contribution >= 0.6 is 23.1 Å². The summed E-state index contributed by atoms with van der Waals surface area (Å²) in [6.07, 6.45) is 0.928. The predicted octanol–water partition coefficient (Wildman–Crippen LogP) is 4.76. The minimum Gasteiger partial charge on any atom is -0.340 e. The number of para-hydroxylation sites is 1. The molecule has 2 aromatic carbocycles. The van der Waals surface area contributed by atoms with Crippen LogP contribution in [0.25, 0.3) is 16.6 Å². The van der Waals surface area contributed by atoms with Gasteiger partial charge in [0, 0.05) is 11.9 Å². The molecule has 4 rings (SSSR count). The van der Waals surface area contributed by atoms with Crippen molar-refractivity contribution in [2.24, 2.45) is 0 Å². The van der Waals surface area contributed by atoms with Crippen molar-refractivity contribution >= 4 is 39.9 Å². The van der Waals surface area contributed by atoms with E-state index in [4.69, 9.17) is 4.98 Å². The van der Waals surface area contributed by atoms with Crippen LogP contribution in [0.3, 0.4) is 0 Å². The number of nitrogens with zero attached hydrogens (tertiary/aromatic N) is 3. The van der Waals surface area contributed by atoms with Crippen LogP contribution in [0.2, 0.25) is 0 Å². The molecular weight excluding hydrogens is 426 g/mol. The van der Waals surface area contributed by atoms with Gasteiger partial charge in [0.05, 0.1) is 28.9 Å². The van der Waals surface area contributed by atoms with Gasteiger partial charge in [0.1, 0.15) is 0 Å². The molecule has 0 unspecified atom stereocenters. The van der Waals surface area contributed by atoms with Gasteiger partial charge in [0.2, 0.25) is 5.91 Å². The van der Waals surface area contributed by atoms with Gasteiger partial charge in [0.25, 0.3) is 5.56 Å². The SMILES string of the molecule is CCc1ccc(-n2c(SCC(=O)N(C)Cc3cccs3)nc3ccccc3c2=O)cc1. The van der Waals surface area contributed by atoms with E-state index in [-0.39, 0.29) is 17.2 Å². The first kappa shape index (κ1) is 21.3. The second kappa shape index (κ2) is 9.49. The van der Waals surface area contributed by atoms with Crippen LogP contribution in [0.1, 0.15) is 17.4 Å². The molecule has 0 aliphatic heterocycles. The number of thiophene rings is 1. The minimum atomic E-state index is -0.128. The zero-order valence-electron chi connectivity index (χ0n) is 17.4. The van der Waals surface area contributed by atoms with E-state index in [9.17, 15) is 9.59 Å². The molecule has 158 valence electrons. The molecule has 31 heavy (non-hydrogen) atoms. The monoisotopic (exact) mass is 449 g/mol. The van der Waals surface area contributed by atoms with Crippen molar-refractivity contribution in [2.45, 2.75) is 25.0 Å². The van der Waals surface area contributed by atoms with Gasteiger partial charge in [-0.05, 0) is 47.7 Å². The second-order valence-electron chi connectivity index (χ2n) is 7.19. The highest BCUT2D eigenvalue weighted by Crippen LogP contribution is 2.22. The van der Waals surface area contributed by atoms with E-state index in [0.717, 1.165) is 17.0 Å².